The van der Waals surface area contributed by atoms with Crippen LogP contribution in [0.25, 0.3) is 0 Å². The Morgan fingerprint density at radius 3 is 2.62 bits per heavy atom. The van der Waals surface area contributed by atoms with Crippen LogP contribution in [-0.2, 0) is 0 Å². The predicted molar refractivity (Wildman–Crippen MR) is 60.5 cm³/mol. The van der Waals surface area contributed by atoms with Gasteiger partial charge in [-0.3, -0.25) is 0 Å². The van der Waals surface area contributed by atoms with Gasteiger partial charge in [-0.25, -0.2) is 0 Å². The van der Waals surface area contributed by atoms with Gasteiger partial charge in [-0.05, 0) is 41.1 Å². The molecule has 2 N–H and O–H groups in total. The van der Waals surface area contributed by atoms with E-state index in [1.165, 1.54) is 31.2 Å². The first-order chi connectivity index (χ1) is 5.88. The normalized spacial score (nSPS) is 19.8. The van der Waals surface area contributed by atoms with Gasteiger partial charge in [0.15, 0.2) is 0 Å². The van der Waals surface area contributed by atoms with Crippen LogP contribution in [0.4, 0.5) is 0 Å². The zero-order chi connectivity index (χ0) is 8.39. The average Bonchev–Trinajstić information content (AvgIpc) is 2.77. The minimum Gasteiger partial charge on any atom is -0.324 e. The largest absolute Gasteiger partial charge is 0.324 e. The molecule has 0 radical (unpaired) electrons. The molecule has 1 unspecified atom stereocenters. The minimum absolute atomic E-state index is 0. The Labute approximate surface area is 89.7 Å². The lowest BCUT2D eigenvalue weighted by Gasteiger charge is -2.17. The molecular weight excluding hydrogens is 202 g/mol. The highest BCUT2D eigenvalue weighted by atomic mass is 35.5. The molecule has 1 fully saturated rings. The summed E-state index contributed by atoms with van der Waals surface area (Å²) in [5.41, 5.74) is 7.49. The molecule has 0 aliphatic heterocycles. The van der Waals surface area contributed by atoms with E-state index in [-0.39, 0.29) is 12.4 Å². The minimum atomic E-state index is 0. The van der Waals surface area contributed by atoms with Gasteiger partial charge in [0.2, 0.25) is 0 Å². The van der Waals surface area contributed by atoms with E-state index >= 15 is 0 Å². The number of thiophene rings is 1. The first-order valence-corrected chi connectivity index (χ1v) is 5.60. The number of halogens is 1. The summed E-state index contributed by atoms with van der Waals surface area (Å²) in [7, 11) is 0. The molecule has 74 valence electrons. The van der Waals surface area contributed by atoms with E-state index in [1.807, 2.05) is 0 Å². The van der Waals surface area contributed by atoms with Crippen LogP contribution >= 0.6 is 23.7 Å². The van der Waals surface area contributed by atoms with E-state index in [4.69, 9.17) is 5.73 Å². The molecule has 1 aromatic rings. The van der Waals surface area contributed by atoms with Gasteiger partial charge in [-0.1, -0.05) is 12.8 Å². The predicted octanol–water partition coefficient (Wildman–Crippen LogP) is 3.36. The van der Waals surface area contributed by atoms with Crippen molar-refractivity contribution in [1.82, 2.24) is 0 Å². The van der Waals surface area contributed by atoms with Gasteiger partial charge in [0, 0.05) is 6.04 Å². The number of hydrogen-bond donors (Lipinski definition) is 1. The molecule has 1 aliphatic rings. The summed E-state index contributed by atoms with van der Waals surface area (Å²) in [5, 5.41) is 4.30. The first kappa shape index (κ1) is 11.0. The Balaban J connectivity index is 0.000000845. The maximum Gasteiger partial charge on any atom is 0.0331 e. The number of hydrogen-bond acceptors (Lipinski definition) is 2. The van der Waals surface area contributed by atoms with Crippen molar-refractivity contribution in [2.24, 2.45) is 11.7 Å². The van der Waals surface area contributed by atoms with Gasteiger partial charge in [0.1, 0.15) is 0 Å². The summed E-state index contributed by atoms with van der Waals surface area (Å²) in [6.07, 6.45) is 5.42. The molecule has 1 aromatic heterocycles. The fourth-order valence-corrected chi connectivity index (χ4v) is 2.76. The Hall–Kier alpha value is -0.0500. The molecule has 0 saturated heterocycles. The third-order valence-electron chi connectivity index (χ3n) is 2.84. The zero-order valence-electron chi connectivity index (χ0n) is 7.61. The smallest absolute Gasteiger partial charge is 0.0331 e. The van der Waals surface area contributed by atoms with E-state index in [0.29, 0.717) is 6.04 Å². The van der Waals surface area contributed by atoms with Crippen LogP contribution in [0, 0.1) is 5.92 Å². The van der Waals surface area contributed by atoms with Gasteiger partial charge in [-0.15, -0.1) is 12.4 Å². The average molecular weight is 218 g/mol. The zero-order valence-corrected chi connectivity index (χ0v) is 9.24. The van der Waals surface area contributed by atoms with Crippen molar-refractivity contribution in [3.8, 4) is 0 Å². The molecule has 0 amide bonds. The monoisotopic (exact) mass is 217 g/mol. The fourth-order valence-electron chi connectivity index (χ4n) is 2.05. The third kappa shape index (κ3) is 2.46. The summed E-state index contributed by atoms with van der Waals surface area (Å²) in [4.78, 5) is 0. The molecule has 1 aliphatic carbocycles. The standard InChI is InChI=1S/C10H15NS.ClH/c11-10(8-3-1-2-4-8)9-5-6-12-7-9;/h5-8,10H,1-4,11H2;1H. The SMILES string of the molecule is Cl.NC(c1ccsc1)C1CCCC1. The lowest BCUT2D eigenvalue weighted by molar-refractivity contribution is 0.446. The maximum absolute atomic E-state index is 6.15. The molecule has 13 heavy (non-hydrogen) atoms. The summed E-state index contributed by atoms with van der Waals surface area (Å²) in [6.45, 7) is 0. The fraction of sp³-hybridized carbons (Fsp3) is 0.600. The maximum atomic E-state index is 6.15. The van der Waals surface area contributed by atoms with Gasteiger partial charge >= 0.3 is 0 Å². The second-order valence-corrected chi connectivity index (χ2v) is 4.41. The Morgan fingerprint density at radius 2 is 2.08 bits per heavy atom. The highest BCUT2D eigenvalue weighted by molar-refractivity contribution is 7.07. The van der Waals surface area contributed by atoms with Crippen molar-refractivity contribution in [2.45, 2.75) is 31.7 Å². The Kier molecular flexibility index (Phi) is 4.23. The molecule has 1 atom stereocenters. The molecule has 1 heterocycles. The highest BCUT2D eigenvalue weighted by Crippen LogP contribution is 2.34. The quantitative estimate of drug-likeness (QED) is 0.808. The van der Waals surface area contributed by atoms with E-state index in [9.17, 15) is 0 Å². The number of nitrogens with two attached hydrogens (primary N) is 1. The van der Waals surface area contributed by atoms with Crippen LogP contribution in [0.2, 0.25) is 0 Å². The molecule has 1 saturated carbocycles. The summed E-state index contributed by atoms with van der Waals surface area (Å²) < 4.78 is 0. The second kappa shape index (κ2) is 4.99. The highest BCUT2D eigenvalue weighted by Gasteiger charge is 2.22. The van der Waals surface area contributed by atoms with Gasteiger partial charge in [0.05, 0.1) is 0 Å². The topological polar surface area (TPSA) is 26.0 Å². The van der Waals surface area contributed by atoms with E-state index in [1.54, 1.807) is 11.3 Å². The van der Waals surface area contributed by atoms with E-state index in [0.717, 1.165) is 5.92 Å². The Bertz CT molecular complexity index is 229. The van der Waals surface area contributed by atoms with Crippen molar-refractivity contribution in [3.63, 3.8) is 0 Å². The number of rotatable bonds is 2. The molecule has 0 spiro atoms. The van der Waals surface area contributed by atoms with Gasteiger partial charge in [-0.2, -0.15) is 11.3 Å². The van der Waals surface area contributed by atoms with Crippen LogP contribution in [0.3, 0.4) is 0 Å². The van der Waals surface area contributed by atoms with Crippen LogP contribution < -0.4 is 5.73 Å². The molecule has 0 bridgehead atoms. The van der Waals surface area contributed by atoms with Gasteiger partial charge in [0.25, 0.3) is 0 Å². The van der Waals surface area contributed by atoms with Crippen molar-refractivity contribution >= 4 is 23.7 Å². The Morgan fingerprint density at radius 1 is 1.38 bits per heavy atom. The summed E-state index contributed by atoms with van der Waals surface area (Å²) in [5.74, 6) is 0.750. The lowest BCUT2D eigenvalue weighted by Crippen LogP contribution is -2.18. The van der Waals surface area contributed by atoms with E-state index in [2.05, 4.69) is 16.8 Å². The van der Waals surface area contributed by atoms with Crippen molar-refractivity contribution in [2.75, 3.05) is 0 Å². The van der Waals surface area contributed by atoms with Crippen molar-refractivity contribution in [3.05, 3.63) is 22.4 Å². The molecule has 2 rings (SSSR count). The van der Waals surface area contributed by atoms with Crippen molar-refractivity contribution < 1.29 is 0 Å². The molecule has 1 nitrogen and oxygen atoms in total. The van der Waals surface area contributed by atoms with Crippen molar-refractivity contribution in [1.29, 1.82) is 0 Å². The summed E-state index contributed by atoms with van der Waals surface area (Å²) >= 11 is 1.75. The van der Waals surface area contributed by atoms with Crippen LogP contribution in [0.5, 0.6) is 0 Å². The van der Waals surface area contributed by atoms with Crippen LogP contribution in [0.1, 0.15) is 37.3 Å². The summed E-state index contributed by atoms with van der Waals surface area (Å²) in [6, 6.07) is 2.46. The first-order valence-electron chi connectivity index (χ1n) is 4.65. The van der Waals surface area contributed by atoms with Gasteiger partial charge < -0.3 is 5.73 Å². The van der Waals surface area contributed by atoms with Crippen LogP contribution in [-0.4, -0.2) is 0 Å². The van der Waals surface area contributed by atoms with Crippen LogP contribution in [0.15, 0.2) is 16.8 Å². The molecular formula is C10H16ClNS. The molecule has 3 heteroatoms. The second-order valence-electron chi connectivity index (χ2n) is 3.63. The lowest BCUT2D eigenvalue weighted by atomic mass is 9.94. The molecule has 0 aromatic carbocycles. The van der Waals surface area contributed by atoms with E-state index < -0.39 is 0 Å². The third-order valence-corrected chi connectivity index (χ3v) is 3.54.